The highest BCUT2D eigenvalue weighted by molar-refractivity contribution is 5.86. The Bertz CT molecular complexity index is 531. The molecular weight excluding hydrogens is 208 g/mol. The number of allylic oxidation sites excluding steroid dienone is 2. The van der Waals surface area contributed by atoms with Gasteiger partial charge in [0.15, 0.2) is 0 Å². The molecule has 0 bridgehead atoms. The van der Waals surface area contributed by atoms with E-state index in [1.54, 1.807) is 0 Å². The molecule has 0 saturated heterocycles. The van der Waals surface area contributed by atoms with Crippen LogP contribution in [0.5, 0.6) is 0 Å². The highest BCUT2D eigenvalue weighted by atomic mass is 14.7. The zero-order chi connectivity index (χ0) is 12.3. The minimum absolute atomic E-state index is 0.698. The summed E-state index contributed by atoms with van der Waals surface area (Å²) in [6.45, 7) is 4.97. The minimum Gasteiger partial charge on any atom is -0.361 e. The fourth-order valence-corrected chi connectivity index (χ4v) is 2.17. The van der Waals surface area contributed by atoms with E-state index in [0.717, 1.165) is 12.8 Å². The van der Waals surface area contributed by atoms with E-state index in [1.807, 2.05) is 0 Å². The largest absolute Gasteiger partial charge is 0.361 e. The van der Waals surface area contributed by atoms with Gasteiger partial charge in [-0.15, -0.1) is 0 Å². The van der Waals surface area contributed by atoms with Gasteiger partial charge < -0.3 is 10.7 Å². The van der Waals surface area contributed by atoms with Crippen LogP contribution in [0.3, 0.4) is 0 Å². The number of nitrogens with one attached hydrogen (secondary N) is 1. The molecule has 17 heavy (non-hydrogen) atoms. The Morgan fingerprint density at radius 3 is 2.82 bits per heavy atom. The molecule has 2 aromatic rings. The van der Waals surface area contributed by atoms with Crippen molar-refractivity contribution in [3.63, 3.8) is 0 Å². The second kappa shape index (κ2) is 5.19. The Labute approximate surface area is 103 Å². The van der Waals surface area contributed by atoms with E-state index >= 15 is 0 Å². The third-order valence-corrected chi connectivity index (χ3v) is 3.02. The topological polar surface area (TPSA) is 41.8 Å². The molecule has 0 aliphatic carbocycles. The summed E-state index contributed by atoms with van der Waals surface area (Å²) in [5, 5.41) is 1.36. The number of benzene rings is 1. The van der Waals surface area contributed by atoms with Crippen molar-refractivity contribution in [1.82, 2.24) is 4.98 Å². The highest BCUT2D eigenvalue weighted by Gasteiger charge is 2.06. The lowest BCUT2D eigenvalue weighted by Crippen LogP contribution is -2.02. The summed E-state index contributed by atoms with van der Waals surface area (Å²) in [5.41, 5.74) is 10.9. The number of H-pyrrole nitrogens is 1. The summed E-state index contributed by atoms with van der Waals surface area (Å²) in [6.07, 6.45) is 6.29. The summed E-state index contributed by atoms with van der Waals surface area (Å²) in [7, 11) is 0. The average molecular weight is 228 g/mol. The predicted molar refractivity (Wildman–Crippen MR) is 74.2 cm³/mol. The minimum atomic E-state index is 0.698. The van der Waals surface area contributed by atoms with Gasteiger partial charge in [0.05, 0.1) is 0 Å². The number of aromatic amines is 1. The molecule has 0 amide bonds. The second-order valence-corrected chi connectivity index (χ2v) is 4.68. The first-order chi connectivity index (χ1) is 8.22. The van der Waals surface area contributed by atoms with Crippen molar-refractivity contribution < 1.29 is 0 Å². The molecule has 2 rings (SSSR count). The van der Waals surface area contributed by atoms with Crippen molar-refractivity contribution >= 4 is 10.9 Å². The van der Waals surface area contributed by atoms with Gasteiger partial charge >= 0.3 is 0 Å². The zero-order valence-corrected chi connectivity index (χ0v) is 10.6. The lowest BCUT2D eigenvalue weighted by atomic mass is 10.0. The van der Waals surface area contributed by atoms with E-state index in [9.17, 15) is 0 Å². The van der Waals surface area contributed by atoms with E-state index in [0.29, 0.717) is 6.54 Å². The molecule has 1 heterocycles. The van der Waals surface area contributed by atoms with Crippen LogP contribution in [0.2, 0.25) is 0 Å². The van der Waals surface area contributed by atoms with E-state index in [2.05, 4.69) is 49.3 Å². The lowest BCUT2D eigenvalue weighted by molar-refractivity contribution is 0.975. The Kier molecular flexibility index (Phi) is 3.64. The smallest absolute Gasteiger partial charge is 0.0459 e. The Balaban J connectivity index is 2.46. The summed E-state index contributed by atoms with van der Waals surface area (Å²) in [4.78, 5) is 3.32. The molecule has 0 aliphatic rings. The van der Waals surface area contributed by atoms with Crippen molar-refractivity contribution in [2.24, 2.45) is 5.73 Å². The number of fused-ring (bicyclic) bond motifs is 1. The van der Waals surface area contributed by atoms with Crippen molar-refractivity contribution in [3.8, 4) is 0 Å². The Hall–Kier alpha value is -1.54. The molecule has 0 spiro atoms. The van der Waals surface area contributed by atoms with Crippen LogP contribution >= 0.6 is 0 Å². The lowest BCUT2D eigenvalue weighted by Gasteiger charge is -2.03. The highest BCUT2D eigenvalue weighted by Crippen LogP contribution is 2.23. The summed E-state index contributed by atoms with van der Waals surface area (Å²) in [5.74, 6) is 0. The number of aromatic nitrogens is 1. The van der Waals surface area contributed by atoms with Crippen molar-refractivity contribution in [2.75, 3.05) is 6.54 Å². The maximum atomic E-state index is 5.66. The van der Waals surface area contributed by atoms with Gasteiger partial charge in [0.25, 0.3) is 0 Å². The average Bonchev–Trinajstić information content (AvgIpc) is 2.71. The quantitative estimate of drug-likeness (QED) is 0.775. The van der Waals surface area contributed by atoms with Gasteiger partial charge in [-0.2, -0.15) is 0 Å². The molecule has 0 saturated carbocycles. The van der Waals surface area contributed by atoms with Gasteiger partial charge in [0, 0.05) is 17.1 Å². The molecule has 0 fully saturated rings. The van der Waals surface area contributed by atoms with Crippen molar-refractivity contribution in [3.05, 3.63) is 47.2 Å². The molecule has 90 valence electrons. The fourth-order valence-electron chi connectivity index (χ4n) is 2.17. The van der Waals surface area contributed by atoms with Crippen LogP contribution in [0.25, 0.3) is 10.9 Å². The molecule has 2 heteroatoms. The maximum absolute atomic E-state index is 5.66. The van der Waals surface area contributed by atoms with Gasteiger partial charge in [-0.05, 0) is 50.4 Å². The first-order valence-corrected chi connectivity index (χ1v) is 6.13. The molecule has 0 unspecified atom stereocenters. The third kappa shape index (κ3) is 2.59. The van der Waals surface area contributed by atoms with Gasteiger partial charge in [-0.3, -0.25) is 0 Å². The van der Waals surface area contributed by atoms with Gasteiger partial charge in [0.1, 0.15) is 0 Å². The molecule has 0 aliphatic heterocycles. The molecule has 3 N–H and O–H groups in total. The third-order valence-electron chi connectivity index (χ3n) is 3.02. The molecular formula is C15H20N2. The fraction of sp³-hybridized carbons (Fsp3) is 0.333. The molecule has 2 nitrogen and oxygen atoms in total. The normalized spacial score (nSPS) is 10.8. The van der Waals surface area contributed by atoms with E-state index in [1.165, 1.54) is 27.6 Å². The van der Waals surface area contributed by atoms with Crippen LogP contribution in [0, 0.1) is 0 Å². The monoisotopic (exact) mass is 228 g/mol. The van der Waals surface area contributed by atoms with Crippen molar-refractivity contribution in [1.29, 1.82) is 0 Å². The van der Waals surface area contributed by atoms with Gasteiger partial charge in [-0.25, -0.2) is 0 Å². The van der Waals surface area contributed by atoms with Crippen LogP contribution < -0.4 is 5.73 Å². The van der Waals surface area contributed by atoms with E-state index in [-0.39, 0.29) is 0 Å². The standard InChI is InChI=1S/C15H20N2/c1-11(2)6-7-12-4-3-5-14-15(12)13(8-9-16)10-17-14/h3-6,10,17H,7-9,16H2,1-2H3. The number of nitrogens with two attached hydrogens (primary N) is 1. The molecule has 1 aromatic heterocycles. The van der Waals surface area contributed by atoms with E-state index < -0.39 is 0 Å². The molecule has 0 radical (unpaired) electrons. The number of hydrogen-bond donors (Lipinski definition) is 2. The molecule has 1 aromatic carbocycles. The Morgan fingerprint density at radius 1 is 1.29 bits per heavy atom. The second-order valence-electron chi connectivity index (χ2n) is 4.68. The van der Waals surface area contributed by atoms with Crippen LogP contribution in [-0.4, -0.2) is 11.5 Å². The first kappa shape index (κ1) is 11.9. The first-order valence-electron chi connectivity index (χ1n) is 6.13. The number of hydrogen-bond acceptors (Lipinski definition) is 1. The summed E-state index contributed by atoms with van der Waals surface area (Å²) in [6, 6.07) is 6.44. The van der Waals surface area contributed by atoms with Crippen LogP contribution in [-0.2, 0) is 12.8 Å². The maximum Gasteiger partial charge on any atom is 0.0459 e. The SMILES string of the molecule is CC(C)=CCc1cccc2[nH]cc(CCN)c12. The number of rotatable bonds is 4. The van der Waals surface area contributed by atoms with Gasteiger partial charge in [-0.1, -0.05) is 23.8 Å². The van der Waals surface area contributed by atoms with E-state index in [4.69, 9.17) is 5.73 Å². The molecule has 0 atom stereocenters. The van der Waals surface area contributed by atoms with Crippen LogP contribution in [0.15, 0.2) is 36.0 Å². The summed E-state index contributed by atoms with van der Waals surface area (Å²) < 4.78 is 0. The van der Waals surface area contributed by atoms with Gasteiger partial charge in [0.2, 0.25) is 0 Å². The van der Waals surface area contributed by atoms with Crippen LogP contribution in [0.1, 0.15) is 25.0 Å². The Morgan fingerprint density at radius 2 is 2.12 bits per heavy atom. The zero-order valence-electron chi connectivity index (χ0n) is 10.6. The van der Waals surface area contributed by atoms with Crippen LogP contribution in [0.4, 0.5) is 0 Å². The van der Waals surface area contributed by atoms with Crippen molar-refractivity contribution in [2.45, 2.75) is 26.7 Å². The predicted octanol–water partition coefficient (Wildman–Crippen LogP) is 3.18. The summed E-state index contributed by atoms with van der Waals surface area (Å²) >= 11 is 0.